The minimum Gasteiger partial charge on any atom is -0.467 e. The molecule has 0 saturated heterocycles. The smallest absolute Gasteiger partial charge is 0.316 e. The number of nitrogens with zero attached hydrogens (tertiary/aromatic N) is 6. The van der Waals surface area contributed by atoms with Crippen LogP contribution in [-0.2, 0) is 11.2 Å². The maximum absolute atomic E-state index is 13.5. The zero-order valence-electron chi connectivity index (χ0n) is 20.5. The maximum atomic E-state index is 13.5. The monoisotopic (exact) mass is 495 g/mol. The van der Waals surface area contributed by atoms with E-state index in [2.05, 4.69) is 38.2 Å². The Morgan fingerprint density at radius 3 is 2.77 bits per heavy atom. The molecule has 1 N–H and O–H groups in total. The van der Waals surface area contributed by atoms with Crippen LogP contribution in [0.2, 0.25) is 5.02 Å². The first kappa shape index (κ1) is 24.8. The summed E-state index contributed by atoms with van der Waals surface area (Å²) in [6.07, 6.45) is 7.54. The molecule has 0 bridgehead atoms. The third-order valence-electron chi connectivity index (χ3n) is 6.16. The predicted molar refractivity (Wildman–Crippen MR) is 135 cm³/mol. The lowest BCUT2D eigenvalue weighted by Gasteiger charge is -2.33. The van der Waals surface area contributed by atoms with Crippen LogP contribution in [0.1, 0.15) is 49.6 Å². The molecule has 9 nitrogen and oxygen atoms in total. The van der Waals surface area contributed by atoms with Crippen molar-refractivity contribution in [3.63, 3.8) is 0 Å². The fraction of sp³-hybridized carbons (Fsp3) is 0.440. The van der Waals surface area contributed by atoms with Crippen LogP contribution in [0, 0.1) is 6.92 Å². The number of nitrogens with one attached hydrogen (secondary N) is 1. The van der Waals surface area contributed by atoms with Gasteiger partial charge >= 0.3 is 6.01 Å². The molecule has 0 aliphatic carbocycles. The third kappa shape index (κ3) is 5.51. The number of pyridine rings is 1. The van der Waals surface area contributed by atoms with Crippen molar-refractivity contribution in [2.45, 2.75) is 52.0 Å². The van der Waals surface area contributed by atoms with Crippen molar-refractivity contribution in [2.75, 3.05) is 25.5 Å². The summed E-state index contributed by atoms with van der Waals surface area (Å²) in [4.78, 5) is 37.2. The largest absolute Gasteiger partial charge is 0.467 e. The minimum atomic E-state index is -0.518. The van der Waals surface area contributed by atoms with Gasteiger partial charge in [-0.15, -0.1) is 0 Å². The molecular formula is C25H30ClN7O2. The lowest BCUT2D eigenvalue weighted by molar-refractivity contribution is -0.132. The highest BCUT2D eigenvalue weighted by atomic mass is 35.5. The number of anilines is 1. The minimum absolute atomic E-state index is 0.0252. The van der Waals surface area contributed by atoms with E-state index in [4.69, 9.17) is 21.3 Å². The third-order valence-corrected chi connectivity index (χ3v) is 6.45. The zero-order chi connectivity index (χ0) is 24.9. The van der Waals surface area contributed by atoms with E-state index in [-0.39, 0.29) is 18.0 Å². The van der Waals surface area contributed by atoms with Crippen LogP contribution in [-0.4, -0.2) is 62.0 Å². The Bertz CT molecular complexity index is 1190. The average Bonchev–Trinajstić information content (AvgIpc) is 2.88. The van der Waals surface area contributed by atoms with Crippen molar-refractivity contribution in [1.82, 2.24) is 29.8 Å². The van der Waals surface area contributed by atoms with E-state index in [9.17, 15) is 4.79 Å². The highest BCUT2D eigenvalue weighted by Crippen LogP contribution is 2.30. The van der Waals surface area contributed by atoms with Gasteiger partial charge in [0.2, 0.25) is 5.91 Å². The van der Waals surface area contributed by atoms with Gasteiger partial charge in [0.15, 0.2) is 5.82 Å². The van der Waals surface area contributed by atoms with Crippen LogP contribution >= 0.6 is 11.6 Å². The van der Waals surface area contributed by atoms with E-state index in [1.54, 1.807) is 18.5 Å². The van der Waals surface area contributed by atoms with Gasteiger partial charge < -0.3 is 15.0 Å². The van der Waals surface area contributed by atoms with Gasteiger partial charge in [0.1, 0.15) is 5.82 Å². The van der Waals surface area contributed by atoms with Gasteiger partial charge in [-0.3, -0.25) is 4.79 Å². The van der Waals surface area contributed by atoms with Gasteiger partial charge in [-0.1, -0.05) is 18.5 Å². The number of rotatable bonds is 8. The molecule has 0 fully saturated rings. The molecular weight excluding hydrogens is 466 g/mol. The molecule has 0 saturated carbocycles. The van der Waals surface area contributed by atoms with E-state index in [0.717, 1.165) is 41.9 Å². The lowest BCUT2D eigenvalue weighted by Crippen LogP contribution is -2.44. The second-order valence-electron chi connectivity index (χ2n) is 8.68. The molecule has 1 aliphatic heterocycles. The van der Waals surface area contributed by atoms with Crippen LogP contribution in [0.5, 0.6) is 6.01 Å². The number of methoxy groups -OCH3 is 1. The summed E-state index contributed by atoms with van der Waals surface area (Å²) in [5.74, 6) is 0.994. The second-order valence-corrected chi connectivity index (χ2v) is 9.08. The normalized spacial score (nSPS) is 15.6. The highest BCUT2D eigenvalue weighted by molar-refractivity contribution is 6.31. The molecule has 184 valence electrons. The van der Waals surface area contributed by atoms with Gasteiger partial charge in [0.05, 0.1) is 35.6 Å². The topological polar surface area (TPSA) is 106 Å². The van der Waals surface area contributed by atoms with Crippen molar-refractivity contribution >= 4 is 23.3 Å². The molecule has 3 aromatic heterocycles. The van der Waals surface area contributed by atoms with Crippen molar-refractivity contribution in [1.29, 1.82) is 0 Å². The molecule has 3 aromatic rings. The summed E-state index contributed by atoms with van der Waals surface area (Å²) < 4.78 is 5.12. The number of carbonyl (C=O) groups excluding carboxylic acids is 1. The van der Waals surface area contributed by atoms with Crippen molar-refractivity contribution < 1.29 is 9.53 Å². The number of ether oxygens (including phenoxy) is 1. The van der Waals surface area contributed by atoms with E-state index >= 15 is 0 Å². The summed E-state index contributed by atoms with van der Waals surface area (Å²) in [6, 6.07) is 4.21. The number of amides is 1. The number of hydrogen-bond acceptors (Lipinski definition) is 8. The first-order valence-corrected chi connectivity index (χ1v) is 12.2. The number of aryl methyl sites for hydroxylation is 2. The maximum Gasteiger partial charge on any atom is 0.316 e. The van der Waals surface area contributed by atoms with Crippen LogP contribution in [0.4, 0.5) is 5.82 Å². The number of fused-ring (bicyclic) bond motifs is 1. The fourth-order valence-electron chi connectivity index (χ4n) is 4.34. The SMILES string of the molecule is CCCN(C[C@H]1CCc2cc(-c3ncccn3)c(C)nc2N1)C(=O)[C@H](C)c1nc(OC)ncc1Cl. The Morgan fingerprint density at radius 2 is 2.06 bits per heavy atom. The van der Waals surface area contributed by atoms with Crippen LogP contribution < -0.4 is 10.1 Å². The first-order valence-electron chi connectivity index (χ1n) is 11.8. The van der Waals surface area contributed by atoms with Crippen molar-refractivity contribution in [3.05, 3.63) is 52.7 Å². The van der Waals surface area contributed by atoms with Gasteiger partial charge in [0, 0.05) is 37.1 Å². The number of carbonyl (C=O) groups is 1. The standard InChI is InChI=1S/C25H30ClN7O2/c1-5-11-33(24(34)15(2)21-20(26)13-29-25(32-21)35-4)14-18-8-7-17-12-19(16(3)30-22(17)31-18)23-27-9-6-10-28-23/h6,9-10,12-13,15,18H,5,7-8,11,14H2,1-4H3,(H,30,31)/t15-,18-/m1/s1. The molecule has 4 rings (SSSR count). The second kappa shape index (κ2) is 10.9. The van der Waals surface area contributed by atoms with Crippen LogP contribution in [0.25, 0.3) is 11.4 Å². The Hall–Kier alpha value is -3.33. The Morgan fingerprint density at radius 1 is 1.29 bits per heavy atom. The van der Waals surface area contributed by atoms with Crippen LogP contribution in [0.3, 0.4) is 0 Å². The van der Waals surface area contributed by atoms with Crippen LogP contribution in [0.15, 0.2) is 30.7 Å². The van der Waals surface area contributed by atoms with Crippen molar-refractivity contribution in [3.8, 4) is 17.4 Å². The predicted octanol–water partition coefficient (Wildman–Crippen LogP) is 4.07. The van der Waals surface area contributed by atoms with Gasteiger partial charge in [-0.2, -0.15) is 4.98 Å². The molecule has 0 radical (unpaired) electrons. The molecule has 0 aromatic carbocycles. The van der Waals surface area contributed by atoms with Gasteiger partial charge in [0.25, 0.3) is 0 Å². The summed E-state index contributed by atoms with van der Waals surface area (Å²) >= 11 is 6.31. The number of halogens is 1. The molecule has 1 aliphatic rings. The van der Waals surface area contributed by atoms with E-state index in [1.807, 2.05) is 18.7 Å². The average molecular weight is 496 g/mol. The number of aromatic nitrogens is 5. The summed E-state index contributed by atoms with van der Waals surface area (Å²) in [6.45, 7) is 7.06. The molecule has 35 heavy (non-hydrogen) atoms. The Kier molecular flexibility index (Phi) is 7.75. The first-order chi connectivity index (χ1) is 16.9. The molecule has 10 heteroatoms. The molecule has 1 amide bonds. The van der Waals surface area contributed by atoms with Gasteiger partial charge in [-0.25, -0.2) is 19.9 Å². The van der Waals surface area contributed by atoms with Crippen molar-refractivity contribution in [2.24, 2.45) is 0 Å². The van der Waals surface area contributed by atoms with E-state index in [0.29, 0.717) is 29.6 Å². The molecule has 4 heterocycles. The number of hydrogen-bond donors (Lipinski definition) is 1. The summed E-state index contributed by atoms with van der Waals surface area (Å²) in [5.41, 5.74) is 3.42. The molecule has 0 unspecified atom stereocenters. The van der Waals surface area contributed by atoms with Gasteiger partial charge in [-0.05, 0) is 50.8 Å². The summed E-state index contributed by atoms with van der Waals surface area (Å²) in [5, 5.41) is 3.90. The zero-order valence-corrected chi connectivity index (χ0v) is 21.2. The lowest BCUT2D eigenvalue weighted by atomic mass is 9.97. The molecule has 2 atom stereocenters. The molecule has 0 spiro atoms. The van der Waals surface area contributed by atoms with E-state index in [1.165, 1.54) is 13.3 Å². The fourth-order valence-corrected chi connectivity index (χ4v) is 4.60. The van der Waals surface area contributed by atoms with E-state index < -0.39 is 5.92 Å². The quantitative estimate of drug-likeness (QED) is 0.498. The summed E-state index contributed by atoms with van der Waals surface area (Å²) in [7, 11) is 1.49. The Labute approximate surface area is 210 Å². The highest BCUT2D eigenvalue weighted by Gasteiger charge is 2.29. The Balaban J connectivity index is 1.50.